The van der Waals surface area contributed by atoms with Crippen molar-refractivity contribution in [1.29, 1.82) is 0 Å². The molecule has 0 saturated carbocycles. The minimum atomic E-state index is -3.50. The van der Waals surface area contributed by atoms with Crippen molar-refractivity contribution in [2.45, 2.75) is 18.4 Å². The first-order valence-electron chi connectivity index (χ1n) is 6.68. The van der Waals surface area contributed by atoms with Crippen LogP contribution in [0.4, 0.5) is 0 Å². The molecule has 0 aliphatic rings. The summed E-state index contributed by atoms with van der Waals surface area (Å²) in [6.07, 6.45) is 0. The number of nitrogens with one attached hydrogen (secondary N) is 1. The van der Waals surface area contributed by atoms with Gasteiger partial charge in [0.15, 0.2) is 0 Å². The molecule has 7 heteroatoms. The summed E-state index contributed by atoms with van der Waals surface area (Å²) in [5.41, 5.74) is 0.417. The number of hydrogen-bond acceptors (Lipinski definition) is 4. The standard InChI is InChI=1S/C15H18N2O4S/c1-11-4-7-13(21-11)10-17(3)15(18)12-5-8-14(9-6-12)22(19,20)16-2/h4-9,16H,10H2,1-3H3. The zero-order chi connectivity index (χ0) is 16.3. The van der Waals surface area contributed by atoms with Crippen LogP contribution in [0.3, 0.4) is 0 Å². The minimum absolute atomic E-state index is 0.121. The quantitative estimate of drug-likeness (QED) is 0.910. The van der Waals surface area contributed by atoms with Crippen molar-refractivity contribution in [3.63, 3.8) is 0 Å². The average molecular weight is 322 g/mol. The SMILES string of the molecule is CNS(=O)(=O)c1ccc(C(=O)N(C)Cc2ccc(C)o2)cc1. The Labute approximate surface area is 129 Å². The third-order valence-corrected chi connectivity index (χ3v) is 4.65. The van der Waals surface area contributed by atoms with Gasteiger partial charge in [0.25, 0.3) is 5.91 Å². The number of sulfonamides is 1. The third kappa shape index (κ3) is 3.55. The minimum Gasteiger partial charge on any atom is -0.464 e. The van der Waals surface area contributed by atoms with Gasteiger partial charge in [-0.1, -0.05) is 0 Å². The first kappa shape index (κ1) is 16.3. The van der Waals surface area contributed by atoms with Gasteiger partial charge in [-0.3, -0.25) is 4.79 Å². The van der Waals surface area contributed by atoms with Gasteiger partial charge in [0.1, 0.15) is 11.5 Å². The summed E-state index contributed by atoms with van der Waals surface area (Å²) in [6, 6.07) is 9.47. The summed E-state index contributed by atoms with van der Waals surface area (Å²) in [7, 11) is -0.491. The molecular weight excluding hydrogens is 304 g/mol. The molecule has 0 spiro atoms. The van der Waals surface area contributed by atoms with Crippen molar-refractivity contribution in [1.82, 2.24) is 9.62 Å². The fraction of sp³-hybridized carbons (Fsp3) is 0.267. The second-order valence-corrected chi connectivity index (χ2v) is 6.79. The fourth-order valence-electron chi connectivity index (χ4n) is 1.99. The normalized spacial score (nSPS) is 11.4. The zero-order valence-corrected chi connectivity index (χ0v) is 13.5. The highest BCUT2D eigenvalue weighted by molar-refractivity contribution is 7.89. The fourth-order valence-corrected chi connectivity index (χ4v) is 2.72. The number of nitrogens with zero attached hydrogens (tertiary/aromatic N) is 1. The van der Waals surface area contributed by atoms with Gasteiger partial charge in [-0.15, -0.1) is 0 Å². The molecule has 118 valence electrons. The molecule has 0 aliphatic heterocycles. The number of rotatable bonds is 5. The smallest absolute Gasteiger partial charge is 0.254 e. The summed E-state index contributed by atoms with van der Waals surface area (Å²) in [6.45, 7) is 2.19. The molecule has 0 radical (unpaired) electrons. The molecule has 0 aliphatic carbocycles. The van der Waals surface area contributed by atoms with Gasteiger partial charge < -0.3 is 9.32 Å². The van der Waals surface area contributed by atoms with Crippen LogP contribution in [0.2, 0.25) is 0 Å². The molecule has 22 heavy (non-hydrogen) atoms. The molecule has 1 heterocycles. The molecular formula is C15H18N2O4S. The van der Waals surface area contributed by atoms with Gasteiger partial charge in [0.2, 0.25) is 10.0 Å². The molecule has 0 atom stereocenters. The Bertz CT molecular complexity index is 763. The lowest BCUT2D eigenvalue weighted by molar-refractivity contribution is 0.0775. The predicted octanol–water partition coefficient (Wildman–Crippen LogP) is 1.77. The largest absolute Gasteiger partial charge is 0.464 e. The summed E-state index contributed by atoms with van der Waals surface area (Å²) in [5, 5.41) is 0. The van der Waals surface area contributed by atoms with Gasteiger partial charge >= 0.3 is 0 Å². The highest BCUT2D eigenvalue weighted by Crippen LogP contribution is 2.14. The molecule has 0 saturated heterocycles. The average Bonchev–Trinajstić information content (AvgIpc) is 2.91. The Morgan fingerprint density at radius 2 is 1.82 bits per heavy atom. The van der Waals surface area contributed by atoms with Gasteiger partial charge in [-0.05, 0) is 50.4 Å². The maximum atomic E-state index is 12.3. The maximum Gasteiger partial charge on any atom is 0.254 e. The Balaban J connectivity index is 2.12. The molecule has 1 aromatic carbocycles. The van der Waals surface area contributed by atoms with Crippen molar-refractivity contribution < 1.29 is 17.6 Å². The third-order valence-electron chi connectivity index (χ3n) is 3.22. The van der Waals surface area contributed by atoms with Crippen LogP contribution in [-0.4, -0.2) is 33.3 Å². The van der Waals surface area contributed by atoms with E-state index >= 15 is 0 Å². The van der Waals surface area contributed by atoms with E-state index in [1.165, 1.54) is 36.2 Å². The zero-order valence-electron chi connectivity index (χ0n) is 12.7. The second-order valence-electron chi connectivity index (χ2n) is 4.91. The van der Waals surface area contributed by atoms with Crippen LogP contribution in [0.5, 0.6) is 0 Å². The molecule has 0 bridgehead atoms. The number of hydrogen-bond donors (Lipinski definition) is 1. The first-order chi connectivity index (χ1) is 10.3. The van der Waals surface area contributed by atoms with Gasteiger partial charge in [-0.2, -0.15) is 0 Å². The number of amides is 1. The van der Waals surface area contributed by atoms with Crippen molar-refractivity contribution in [2.24, 2.45) is 0 Å². The summed E-state index contributed by atoms with van der Waals surface area (Å²) in [5.74, 6) is 1.28. The van der Waals surface area contributed by atoms with Crippen LogP contribution in [0, 0.1) is 6.92 Å². The molecule has 2 aromatic rings. The molecule has 0 fully saturated rings. The Kier molecular flexibility index (Phi) is 4.68. The second kappa shape index (κ2) is 6.33. The van der Waals surface area contributed by atoms with Crippen LogP contribution in [-0.2, 0) is 16.6 Å². The number of furan rings is 1. The van der Waals surface area contributed by atoms with E-state index in [1.807, 2.05) is 19.1 Å². The number of carbonyl (C=O) groups excluding carboxylic acids is 1. The van der Waals surface area contributed by atoms with Crippen LogP contribution >= 0.6 is 0 Å². The molecule has 6 nitrogen and oxygen atoms in total. The van der Waals surface area contributed by atoms with Crippen LogP contribution in [0.25, 0.3) is 0 Å². The monoisotopic (exact) mass is 322 g/mol. The predicted molar refractivity (Wildman–Crippen MR) is 81.9 cm³/mol. The number of carbonyl (C=O) groups is 1. The van der Waals surface area contributed by atoms with Crippen LogP contribution < -0.4 is 4.72 Å². The Morgan fingerprint density at radius 3 is 2.32 bits per heavy atom. The van der Waals surface area contributed by atoms with Crippen LogP contribution in [0.1, 0.15) is 21.9 Å². The van der Waals surface area contributed by atoms with Gasteiger partial charge in [0.05, 0.1) is 11.4 Å². The molecule has 1 aromatic heterocycles. The van der Waals surface area contributed by atoms with Gasteiger partial charge in [-0.25, -0.2) is 13.1 Å². The molecule has 2 rings (SSSR count). The van der Waals surface area contributed by atoms with Crippen molar-refractivity contribution in [2.75, 3.05) is 14.1 Å². The van der Waals surface area contributed by atoms with E-state index in [1.54, 1.807) is 7.05 Å². The highest BCUT2D eigenvalue weighted by Gasteiger charge is 2.16. The number of aryl methyl sites for hydroxylation is 1. The molecule has 0 unspecified atom stereocenters. The van der Waals surface area contributed by atoms with E-state index in [9.17, 15) is 13.2 Å². The van der Waals surface area contributed by atoms with Crippen molar-refractivity contribution in [3.05, 3.63) is 53.5 Å². The number of benzene rings is 1. The summed E-state index contributed by atoms with van der Waals surface area (Å²) >= 11 is 0. The highest BCUT2D eigenvalue weighted by atomic mass is 32.2. The van der Waals surface area contributed by atoms with E-state index in [0.717, 1.165) is 5.76 Å². The van der Waals surface area contributed by atoms with Crippen molar-refractivity contribution in [3.8, 4) is 0 Å². The maximum absolute atomic E-state index is 12.3. The summed E-state index contributed by atoms with van der Waals surface area (Å²) < 4.78 is 30.9. The first-order valence-corrected chi connectivity index (χ1v) is 8.16. The summed E-state index contributed by atoms with van der Waals surface area (Å²) in [4.78, 5) is 13.9. The van der Waals surface area contributed by atoms with E-state index in [2.05, 4.69) is 4.72 Å². The van der Waals surface area contributed by atoms with E-state index in [0.29, 0.717) is 17.9 Å². The lowest BCUT2D eigenvalue weighted by Gasteiger charge is -2.16. The van der Waals surface area contributed by atoms with E-state index in [-0.39, 0.29) is 10.8 Å². The molecule has 1 N–H and O–H groups in total. The topological polar surface area (TPSA) is 79.6 Å². The molecule has 1 amide bonds. The van der Waals surface area contributed by atoms with Crippen molar-refractivity contribution >= 4 is 15.9 Å². The van der Waals surface area contributed by atoms with E-state index < -0.39 is 10.0 Å². The van der Waals surface area contributed by atoms with E-state index in [4.69, 9.17) is 4.42 Å². The van der Waals surface area contributed by atoms with Crippen LogP contribution in [0.15, 0.2) is 45.7 Å². The Hall–Kier alpha value is -2.12. The lowest BCUT2D eigenvalue weighted by atomic mass is 10.2. The lowest BCUT2D eigenvalue weighted by Crippen LogP contribution is -2.26. The Morgan fingerprint density at radius 1 is 1.18 bits per heavy atom. The van der Waals surface area contributed by atoms with Gasteiger partial charge in [0, 0.05) is 12.6 Å².